The van der Waals surface area contributed by atoms with Crippen LogP contribution in [0.3, 0.4) is 0 Å². The highest BCUT2D eigenvalue weighted by atomic mass is 19.1. The molecule has 5 rings (SSSR count). The molecule has 1 N–H and O–H groups in total. The van der Waals surface area contributed by atoms with Gasteiger partial charge in [0.05, 0.1) is 11.2 Å². The summed E-state index contributed by atoms with van der Waals surface area (Å²) in [5.41, 5.74) is 4.78. The lowest BCUT2D eigenvalue weighted by Gasteiger charge is -2.28. The molecule has 3 aromatic heterocycles. The fourth-order valence-corrected chi connectivity index (χ4v) is 5.06. The van der Waals surface area contributed by atoms with E-state index < -0.39 is 6.17 Å². The number of nitrogens with zero attached hydrogens (tertiary/aromatic N) is 3. The molecule has 162 valence electrons. The van der Waals surface area contributed by atoms with Crippen LogP contribution in [-0.4, -0.2) is 19.9 Å². The van der Waals surface area contributed by atoms with Crippen LogP contribution in [0.5, 0.6) is 0 Å². The first-order valence-electron chi connectivity index (χ1n) is 11.4. The highest BCUT2D eigenvalue weighted by Crippen LogP contribution is 2.36. The Labute approximate surface area is 187 Å². The second-order valence-electron chi connectivity index (χ2n) is 9.05. The van der Waals surface area contributed by atoms with Gasteiger partial charge in [-0.05, 0) is 37.3 Å². The molecule has 32 heavy (non-hydrogen) atoms. The van der Waals surface area contributed by atoms with Crippen LogP contribution in [0.4, 0.5) is 4.39 Å². The molecule has 0 bridgehead atoms. The number of aromatic nitrogens is 4. The van der Waals surface area contributed by atoms with Crippen LogP contribution in [0.2, 0.25) is 0 Å². The molecule has 1 aliphatic rings. The van der Waals surface area contributed by atoms with Gasteiger partial charge >= 0.3 is 0 Å². The maximum atomic E-state index is 14.4. The topological polar surface area (TPSA) is 54.5 Å². The lowest BCUT2D eigenvalue weighted by molar-refractivity contribution is 0.251. The van der Waals surface area contributed by atoms with E-state index in [0.717, 1.165) is 45.4 Å². The summed E-state index contributed by atoms with van der Waals surface area (Å²) in [5, 5.41) is 1.71. The minimum Gasteiger partial charge on any atom is -0.361 e. The van der Waals surface area contributed by atoms with Gasteiger partial charge in [0.15, 0.2) is 0 Å². The summed E-state index contributed by atoms with van der Waals surface area (Å²) < 4.78 is 14.4. The molecule has 3 atom stereocenters. The van der Waals surface area contributed by atoms with Crippen molar-refractivity contribution in [2.75, 3.05) is 0 Å². The van der Waals surface area contributed by atoms with Crippen LogP contribution in [0, 0.1) is 24.2 Å². The van der Waals surface area contributed by atoms with E-state index in [1.807, 2.05) is 24.4 Å². The maximum Gasteiger partial charge on any atom is 0.140 e. The molecule has 1 saturated carbocycles. The first kappa shape index (κ1) is 20.6. The molecule has 1 aromatic carbocycles. The van der Waals surface area contributed by atoms with Crippen molar-refractivity contribution in [2.45, 2.75) is 52.1 Å². The van der Waals surface area contributed by atoms with Crippen LogP contribution in [0.15, 0.2) is 36.8 Å². The third-order valence-electron chi connectivity index (χ3n) is 6.95. The van der Waals surface area contributed by atoms with Crippen LogP contribution in [0.25, 0.3) is 32.9 Å². The lowest BCUT2D eigenvalue weighted by Crippen LogP contribution is -2.20. The summed E-state index contributed by atoms with van der Waals surface area (Å²) in [6.07, 6.45) is 15.7. The first-order valence-corrected chi connectivity index (χ1v) is 11.4. The van der Waals surface area contributed by atoms with Crippen molar-refractivity contribution >= 4 is 21.8 Å². The molecule has 0 aliphatic heterocycles. The second-order valence-corrected chi connectivity index (χ2v) is 9.05. The molecule has 5 heteroatoms. The Morgan fingerprint density at radius 1 is 1.16 bits per heavy atom. The van der Waals surface area contributed by atoms with Crippen molar-refractivity contribution in [3.8, 4) is 23.5 Å². The molecule has 3 unspecified atom stereocenters. The Morgan fingerprint density at radius 3 is 2.78 bits per heavy atom. The standard InChI is InChI=1S/C27H27FN4/c1-4-18-9-10-20-21(13-29-24(20)11-18)22-14-31-26(17(3)28)23-15-30-25(32-27(22)23)12-19-8-6-5-7-16(19)2/h1,9-11,13-17,19,29H,5-8,12H2,2-3H3. The minimum absolute atomic E-state index is 0.385. The van der Waals surface area contributed by atoms with Crippen molar-refractivity contribution in [2.24, 2.45) is 11.8 Å². The summed E-state index contributed by atoms with van der Waals surface area (Å²) >= 11 is 0. The zero-order chi connectivity index (χ0) is 22.2. The summed E-state index contributed by atoms with van der Waals surface area (Å²) in [6.45, 7) is 3.84. The number of pyridine rings is 1. The molecule has 0 saturated heterocycles. The number of fused-ring (bicyclic) bond motifs is 2. The number of hydrogen-bond donors (Lipinski definition) is 1. The van der Waals surface area contributed by atoms with Crippen LogP contribution in [-0.2, 0) is 6.42 Å². The monoisotopic (exact) mass is 426 g/mol. The van der Waals surface area contributed by atoms with Gasteiger partial charge in [-0.3, -0.25) is 4.98 Å². The number of terminal acetylenes is 1. The number of hydrogen-bond acceptors (Lipinski definition) is 3. The van der Waals surface area contributed by atoms with E-state index in [1.54, 1.807) is 12.4 Å². The van der Waals surface area contributed by atoms with E-state index in [-0.39, 0.29) is 0 Å². The summed E-state index contributed by atoms with van der Waals surface area (Å²) in [7, 11) is 0. The maximum absolute atomic E-state index is 14.4. The summed E-state index contributed by atoms with van der Waals surface area (Å²) in [5.74, 6) is 4.78. The zero-order valence-electron chi connectivity index (χ0n) is 18.5. The molecule has 4 nitrogen and oxygen atoms in total. The summed E-state index contributed by atoms with van der Waals surface area (Å²) in [6, 6.07) is 5.90. The summed E-state index contributed by atoms with van der Waals surface area (Å²) in [4.78, 5) is 17.4. The van der Waals surface area contributed by atoms with Gasteiger partial charge in [-0.1, -0.05) is 38.2 Å². The Morgan fingerprint density at radius 2 is 2.00 bits per heavy atom. The average Bonchev–Trinajstić information content (AvgIpc) is 3.22. The normalized spacial score (nSPS) is 19.8. The largest absolute Gasteiger partial charge is 0.361 e. The average molecular weight is 427 g/mol. The number of rotatable bonds is 4. The third kappa shape index (κ3) is 3.64. The predicted octanol–water partition coefficient (Wildman–Crippen LogP) is 6.55. The minimum atomic E-state index is -1.19. The van der Waals surface area contributed by atoms with E-state index in [4.69, 9.17) is 11.4 Å². The molecule has 4 aromatic rings. The number of aromatic amines is 1. The molecule has 3 heterocycles. The SMILES string of the molecule is C#Cc1ccc2c(-c3cnc(C(C)F)c4cnc(CC5CCCCC5C)nc34)c[nH]c2c1. The van der Waals surface area contributed by atoms with Gasteiger partial charge in [-0.2, -0.15) is 0 Å². The van der Waals surface area contributed by atoms with Crippen molar-refractivity contribution in [1.29, 1.82) is 0 Å². The predicted molar refractivity (Wildman–Crippen MR) is 127 cm³/mol. The smallest absolute Gasteiger partial charge is 0.140 e. The second kappa shape index (κ2) is 8.35. The number of alkyl halides is 1. The van der Waals surface area contributed by atoms with Gasteiger partial charge < -0.3 is 4.98 Å². The molecule has 0 radical (unpaired) electrons. The lowest BCUT2D eigenvalue weighted by atomic mass is 9.78. The highest BCUT2D eigenvalue weighted by Gasteiger charge is 2.24. The number of halogens is 1. The Balaban J connectivity index is 1.65. The molecule has 1 fully saturated rings. The number of H-pyrrole nitrogens is 1. The van der Waals surface area contributed by atoms with Gasteiger partial charge in [0.2, 0.25) is 0 Å². The Kier molecular flexibility index (Phi) is 5.38. The fraction of sp³-hybridized carbons (Fsp3) is 0.370. The molecule has 1 aliphatic carbocycles. The molecular formula is C27H27FN4. The zero-order valence-corrected chi connectivity index (χ0v) is 18.5. The van der Waals surface area contributed by atoms with E-state index >= 15 is 0 Å². The number of benzene rings is 1. The van der Waals surface area contributed by atoms with E-state index in [9.17, 15) is 4.39 Å². The van der Waals surface area contributed by atoms with Gasteiger partial charge in [0, 0.05) is 58.0 Å². The van der Waals surface area contributed by atoms with E-state index in [2.05, 4.69) is 27.8 Å². The quantitative estimate of drug-likeness (QED) is 0.376. The number of nitrogens with one attached hydrogen (secondary N) is 1. The van der Waals surface area contributed by atoms with Crippen molar-refractivity contribution in [3.63, 3.8) is 0 Å². The van der Waals surface area contributed by atoms with Crippen molar-refractivity contribution < 1.29 is 4.39 Å². The third-order valence-corrected chi connectivity index (χ3v) is 6.95. The van der Waals surface area contributed by atoms with Crippen molar-refractivity contribution in [1.82, 2.24) is 19.9 Å². The van der Waals surface area contributed by atoms with Crippen LogP contribution >= 0.6 is 0 Å². The van der Waals surface area contributed by atoms with Gasteiger partial charge in [0.1, 0.15) is 12.0 Å². The van der Waals surface area contributed by atoms with Gasteiger partial charge in [-0.25, -0.2) is 14.4 Å². The van der Waals surface area contributed by atoms with Gasteiger partial charge in [-0.15, -0.1) is 6.42 Å². The van der Waals surface area contributed by atoms with Crippen LogP contribution < -0.4 is 0 Å². The van der Waals surface area contributed by atoms with Gasteiger partial charge in [0.25, 0.3) is 0 Å². The Bertz CT molecular complexity index is 1330. The molecular weight excluding hydrogens is 399 g/mol. The molecule has 0 spiro atoms. The van der Waals surface area contributed by atoms with E-state index in [0.29, 0.717) is 22.9 Å². The first-order chi connectivity index (χ1) is 15.5. The van der Waals surface area contributed by atoms with Crippen LogP contribution in [0.1, 0.15) is 62.8 Å². The van der Waals surface area contributed by atoms with Crippen molar-refractivity contribution in [3.05, 3.63) is 53.9 Å². The molecule has 0 amide bonds. The fourth-order valence-electron chi connectivity index (χ4n) is 5.06. The Hall–Kier alpha value is -3.26. The highest BCUT2D eigenvalue weighted by molar-refractivity contribution is 6.03. The van der Waals surface area contributed by atoms with E-state index in [1.165, 1.54) is 32.6 Å².